The van der Waals surface area contributed by atoms with Gasteiger partial charge in [0.05, 0.1) is 12.2 Å². The number of carbonyl (C=O) groups excluding carboxylic acids is 2. The molecule has 0 aliphatic carbocycles. The predicted octanol–water partition coefficient (Wildman–Crippen LogP) is 2.87. The molecule has 5 nitrogen and oxygen atoms in total. The normalized spacial score (nSPS) is 17.5. The van der Waals surface area contributed by atoms with E-state index in [-0.39, 0.29) is 18.5 Å². The molecule has 3 amide bonds. The van der Waals surface area contributed by atoms with E-state index < -0.39 is 6.04 Å². The van der Waals surface area contributed by atoms with Crippen LogP contribution in [0.1, 0.15) is 36.7 Å². The second kappa shape index (κ2) is 6.83. The fourth-order valence-corrected chi connectivity index (χ4v) is 2.78. The van der Waals surface area contributed by atoms with Crippen LogP contribution in [-0.4, -0.2) is 27.9 Å². The molecule has 0 saturated carbocycles. The highest BCUT2D eigenvalue weighted by Gasteiger charge is 2.37. The average molecular weight is 323 g/mol. The van der Waals surface area contributed by atoms with Gasteiger partial charge >= 0.3 is 6.03 Å². The Morgan fingerprint density at radius 1 is 1.08 bits per heavy atom. The summed E-state index contributed by atoms with van der Waals surface area (Å²) in [6.07, 6.45) is 0.501. The number of benzene rings is 1. The van der Waals surface area contributed by atoms with Gasteiger partial charge in [0.1, 0.15) is 6.04 Å². The number of aromatic nitrogens is 1. The number of pyridine rings is 1. The SMILES string of the molecule is CC(C)c1cccc(CN2C(=O)NC(Cc3ccccc3)C2=O)n1. The number of urea groups is 1. The Hall–Kier alpha value is -2.69. The summed E-state index contributed by atoms with van der Waals surface area (Å²) in [7, 11) is 0. The first-order valence-corrected chi connectivity index (χ1v) is 8.16. The largest absolute Gasteiger partial charge is 0.325 e. The third kappa shape index (κ3) is 3.45. The van der Waals surface area contributed by atoms with Crippen molar-refractivity contribution in [2.75, 3.05) is 0 Å². The molecule has 3 rings (SSSR count). The van der Waals surface area contributed by atoms with E-state index in [4.69, 9.17) is 0 Å². The smallest absolute Gasteiger partial charge is 0.325 e. The van der Waals surface area contributed by atoms with Gasteiger partial charge < -0.3 is 5.32 Å². The first-order valence-electron chi connectivity index (χ1n) is 8.16. The summed E-state index contributed by atoms with van der Waals surface area (Å²) in [4.78, 5) is 30.5. The summed E-state index contributed by atoms with van der Waals surface area (Å²) in [5.41, 5.74) is 2.71. The zero-order chi connectivity index (χ0) is 17.1. The summed E-state index contributed by atoms with van der Waals surface area (Å²) in [6.45, 7) is 4.34. The van der Waals surface area contributed by atoms with Crippen molar-refractivity contribution in [2.45, 2.75) is 38.8 Å². The molecule has 1 aromatic heterocycles. The number of nitrogens with zero attached hydrogens (tertiary/aromatic N) is 2. The summed E-state index contributed by atoms with van der Waals surface area (Å²) < 4.78 is 0. The van der Waals surface area contributed by atoms with Crippen LogP contribution >= 0.6 is 0 Å². The van der Waals surface area contributed by atoms with Gasteiger partial charge in [-0.05, 0) is 23.6 Å². The van der Waals surface area contributed by atoms with Crippen molar-refractivity contribution in [3.05, 3.63) is 65.5 Å². The number of nitrogens with one attached hydrogen (secondary N) is 1. The van der Waals surface area contributed by atoms with Gasteiger partial charge in [0.25, 0.3) is 5.91 Å². The predicted molar refractivity (Wildman–Crippen MR) is 91.3 cm³/mol. The van der Waals surface area contributed by atoms with Crippen LogP contribution in [0.3, 0.4) is 0 Å². The van der Waals surface area contributed by atoms with Crippen molar-refractivity contribution in [3.63, 3.8) is 0 Å². The Labute approximate surface area is 141 Å². The number of carbonyl (C=O) groups is 2. The first kappa shape index (κ1) is 16.2. The van der Waals surface area contributed by atoms with Crippen LogP contribution in [0.4, 0.5) is 4.79 Å². The molecule has 1 aliphatic rings. The van der Waals surface area contributed by atoms with Crippen LogP contribution in [0.5, 0.6) is 0 Å². The molecule has 0 spiro atoms. The van der Waals surface area contributed by atoms with Crippen LogP contribution in [0.15, 0.2) is 48.5 Å². The quantitative estimate of drug-likeness (QED) is 0.861. The van der Waals surface area contributed by atoms with Crippen LogP contribution < -0.4 is 5.32 Å². The Bertz CT molecular complexity index is 743. The molecule has 124 valence electrons. The molecule has 1 saturated heterocycles. The lowest BCUT2D eigenvalue weighted by Crippen LogP contribution is -2.32. The zero-order valence-electron chi connectivity index (χ0n) is 13.9. The molecule has 2 aromatic rings. The fraction of sp³-hybridized carbons (Fsp3) is 0.316. The van der Waals surface area contributed by atoms with E-state index in [1.54, 1.807) is 0 Å². The van der Waals surface area contributed by atoms with Gasteiger partial charge in [0.2, 0.25) is 0 Å². The molecule has 24 heavy (non-hydrogen) atoms. The maximum Gasteiger partial charge on any atom is 0.325 e. The maximum absolute atomic E-state index is 12.6. The number of hydrogen-bond acceptors (Lipinski definition) is 3. The Morgan fingerprint density at radius 2 is 1.83 bits per heavy atom. The molecule has 1 atom stereocenters. The van der Waals surface area contributed by atoms with E-state index in [0.717, 1.165) is 17.0 Å². The van der Waals surface area contributed by atoms with Crippen molar-refractivity contribution in [3.8, 4) is 0 Å². The maximum atomic E-state index is 12.6. The average Bonchev–Trinajstić information content (AvgIpc) is 2.83. The molecule has 0 bridgehead atoms. The standard InChI is InChI=1S/C19H21N3O2/c1-13(2)16-10-6-9-15(20-16)12-22-18(23)17(21-19(22)24)11-14-7-4-3-5-8-14/h3-10,13,17H,11-12H2,1-2H3,(H,21,24). The van der Waals surface area contributed by atoms with E-state index in [2.05, 4.69) is 24.1 Å². The van der Waals surface area contributed by atoms with Crippen molar-refractivity contribution in [1.29, 1.82) is 0 Å². The number of imide groups is 1. The summed E-state index contributed by atoms with van der Waals surface area (Å²) in [6, 6.07) is 14.5. The van der Waals surface area contributed by atoms with Crippen molar-refractivity contribution in [1.82, 2.24) is 15.2 Å². The molecule has 1 aliphatic heterocycles. The minimum Gasteiger partial charge on any atom is -0.325 e. The second-order valence-electron chi connectivity index (χ2n) is 6.32. The van der Waals surface area contributed by atoms with Crippen molar-refractivity contribution < 1.29 is 9.59 Å². The third-order valence-corrected chi connectivity index (χ3v) is 4.13. The van der Waals surface area contributed by atoms with E-state index in [1.807, 2.05) is 48.5 Å². The molecule has 5 heteroatoms. The van der Waals surface area contributed by atoms with E-state index >= 15 is 0 Å². The number of hydrogen-bond donors (Lipinski definition) is 1. The summed E-state index contributed by atoms with van der Waals surface area (Å²) in [5, 5.41) is 2.77. The fourth-order valence-electron chi connectivity index (χ4n) is 2.78. The zero-order valence-corrected chi connectivity index (χ0v) is 13.9. The van der Waals surface area contributed by atoms with Crippen molar-refractivity contribution >= 4 is 11.9 Å². The molecule has 0 radical (unpaired) electrons. The minimum atomic E-state index is -0.506. The molecule has 1 unspecified atom stereocenters. The van der Waals surface area contributed by atoms with Crippen LogP contribution in [0.25, 0.3) is 0 Å². The monoisotopic (exact) mass is 323 g/mol. The molecule has 1 aromatic carbocycles. The van der Waals surface area contributed by atoms with Gasteiger partial charge in [-0.2, -0.15) is 0 Å². The molecule has 1 fully saturated rings. The van der Waals surface area contributed by atoms with Crippen LogP contribution in [0, 0.1) is 0 Å². The Kier molecular flexibility index (Phi) is 4.60. The summed E-state index contributed by atoms with van der Waals surface area (Å²) in [5.74, 6) is 0.111. The number of amides is 3. The van der Waals surface area contributed by atoms with Crippen LogP contribution in [-0.2, 0) is 17.8 Å². The van der Waals surface area contributed by atoms with Gasteiger partial charge in [0.15, 0.2) is 0 Å². The highest BCUT2D eigenvalue weighted by Crippen LogP contribution is 2.16. The van der Waals surface area contributed by atoms with Gasteiger partial charge in [-0.25, -0.2) is 4.79 Å². The lowest BCUT2D eigenvalue weighted by Gasteiger charge is -2.14. The molecule has 1 N–H and O–H groups in total. The molecule has 2 heterocycles. The third-order valence-electron chi connectivity index (χ3n) is 4.13. The second-order valence-corrected chi connectivity index (χ2v) is 6.32. The highest BCUT2D eigenvalue weighted by atomic mass is 16.2. The van der Waals surface area contributed by atoms with E-state index in [1.165, 1.54) is 4.90 Å². The van der Waals surface area contributed by atoms with E-state index in [0.29, 0.717) is 12.3 Å². The summed E-state index contributed by atoms with van der Waals surface area (Å²) >= 11 is 0. The molecular formula is C19H21N3O2. The lowest BCUT2D eigenvalue weighted by molar-refractivity contribution is -0.127. The van der Waals surface area contributed by atoms with E-state index in [9.17, 15) is 9.59 Å². The van der Waals surface area contributed by atoms with Crippen molar-refractivity contribution in [2.24, 2.45) is 0 Å². The van der Waals surface area contributed by atoms with Gasteiger partial charge in [-0.1, -0.05) is 50.2 Å². The first-order chi connectivity index (χ1) is 11.5. The minimum absolute atomic E-state index is 0.194. The lowest BCUT2D eigenvalue weighted by atomic mass is 10.1. The van der Waals surface area contributed by atoms with Crippen LogP contribution in [0.2, 0.25) is 0 Å². The van der Waals surface area contributed by atoms with Gasteiger partial charge in [-0.15, -0.1) is 0 Å². The number of rotatable bonds is 5. The van der Waals surface area contributed by atoms with Gasteiger partial charge in [-0.3, -0.25) is 14.7 Å². The Morgan fingerprint density at radius 3 is 2.54 bits per heavy atom. The highest BCUT2D eigenvalue weighted by molar-refractivity contribution is 6.04. The Balaban J connectivity index is 1.71. The molecular weight excluding hydrogens is 302 g/mol. The topological polar surface area (TPSA) is 62.3 Å². The van der Waals surface area contributed by atoms with Gasteiger partial charge in [0, 0.05) is 12.1 Å².